The van der Waals surface area contributed by atoms with Crippen LogP contribution >= 0.6 is 23.7 Å². The van der Waals surface area contributed by atoms with E-state index in [9.17, 15) is 4.79 Å². The van der Waals surface area contributed by atoms with Crippen LogP contribution in [0, 0.1) is 5.92 Å². The summed E-state index contributed by atoms with van der Waals surface area (Å²) in [5, 5.41) is 0. The van der Waals surface area contributed by atoms with Crippen molar-refractivity contribution in [3.05, 3.63) is 33.4 Å². The minimum atomic E-state index is 0. The van der Waals surface area contributed by atoms with Crippen molar-refractivity contribution in [2.45, 2.75) is 19.4 Å². The van der Waals surface area contributed by atoms with Crippen LogP contribution in [0.15, 0.2) is 23.0 Å². The van der Waals surface area contributed by atoms with E-state index in [-0.39, 0.29) is 17.3 Å². The fourth-order valence-electron chi connectivity index (χ4n) is 3.02. The fourth-order valence-corrected chi connectivity index (χ4v) is 3.97. The van der Waals surface area contributed by atoms with Gasteiger partial charge in [-0.05, 0) is 49.5 Å². The van der Waals surface area contributed by atoms with E-state index in [0.717, 1.165) is 36.4 Å². The molecule has 0 saturated carbocycles. The highest BCUT2D eigenvalue weighted by atomic mass is 35.5. The molecule has 0 aliphatic carbocycles. The highest BCUT2D eigenvalue weighted by Crippen LogP contribution is 2.21. The van der Waals surface area contributed by atoms with Crippen LogP contribution in [0.25, 0.3) is 10.2 Å². The molecule has 1 atom stereocenters. The Morgan fingerprint density at radius 1 is 1.43 bits per heavy atom. The number of fused-ring (bicyclic) bond motifs is 1. The highest BCUT2D eigenvalue weighted by Gasteiger charge is 2.18. The van der Waals surface area contributed by atoms with Crippen molar-refractivity contribution in [1.82, 2.24) is 9.47 Å². The lowest BCUT2D eigenvalue weighted by molar-refractivity contribution is 0.171. The van der Waals surface area contributed by atoms with Gasteiger partial charge in [0.15, 0.2) is 0 Å². The number of hydrogen-bond acceptors (Lipinski definition) is 4. The average molecular weight is 328 g/mol. The lowest BCUT2D eigenvalue weighted by Gasteiger charge is -2.32. The standard InChI is InChI=1S/C15H21N3OS.ClH/c1-17-13-5-4-11(7-14(13)20-15(17)19)9-18-6-2-3-12(8-16)10-18;/h4-5,7,12H,2-3,6,8-10,16H2,1H3;1H. The van der Waals surface area contributed by atoms with Gasteiger partial charge in [-0.15, -0.1) is 12.4 Å². The van der Waals surface area contributed by atoms with Crippen molar-refractivity contribution < 1.29 is 0 Å². The maximum atomic E-state index is 11.7. The van der Waals surface area contributed by atoms with Crippen LogP contribution in [0.2, 0.25) is 0 Å². The minimum Gasteiger partial charge on any atom is -0.330 e. The third kappa shape index (κ3) is 3.48. The SMILES string of the molecule is Cl.Cn1c(=O)sc2cc(CN3CCCC(CN)C3)ccc21. The van der Waals surface area contributed by atoms with Gasteiger partial charge in [-0.1, -0.05) is 17.4 Å². The predicted octanol–water partition coefficient (Wildman–Crippen LogP) is 2.19. The summed E-state index contributed by atoms with van der Waals surface area (Å²) in [5.41, 5.74) is 8.11. The van der Waals surface area contributed by atoms with E-state index < -0.39 is 0 Å². The molecule has 0 radical (unpaired) electrons. The number of nitrogens with two attached hydrogens (primary N) is 1. The topological polar surface area (TPSA) is 51.3 Å². The molecule has 0 amide bonds. The van der Waals surface area contributed by atoms with E-state index in [0.29, 0.717) is 5.92 Å². The van der Waals surface area contributed by atoms with Gasteiger partial charge in [0.25, 0.3) is 0 Å². The number of benzene rings is 1. The van der Waals surface area contributed by atoms with Crippen LogP contribution < -0.4 is 10.6 Å². The molecule has 0 bridgehead atoms. The third-order valence-electron chi connectivity index (χ3n) is 4.20. The molecular weight excluding hydrogens is 306 g/mol. The van der Waals surface area contributed by atoms with Crippen LogP contribution in [-0.4, -0.2) is 29.1 Å². The summed E-state index contributed by atoms with van der Waals surface area (Å²) in [5.74, 6) is 0.639. The molecule has 6 heteroatoms. The second kappa shape index (κ2) is 6.92. The van der Waals surface area contributed by atoms with Crippen LogP contribution in [0.1, 0.15) is 18.4 Å². The van der Waals surface area contributed by atoms with Crippen molar-refractivity contribution in [1.29, 1.82) is 0 Å². The highest BCUT2D eigenvalue weighted by molar-refractivity contribution is 7.16. The molecule has 1 aliphatic heterocycles. The summed E-state index contributed by atoms with van der Waals surface area (Å²) in [6.45, 7) is 4.00. The normalized spacial score (nSPS) is 19.6. The monoisotopic (exact) mass is 327 g/mol. The Kier molecular flexibility index (Phi) is 5.43. The Labute approximate surface area is 135 Å². The number of thiazole rings is 1. The van der Waals surface area contributed by atoms with Gasteiger partial charge >= 0.3 is 4.87 Å². The Morgan fingerprint density at radius 2 is 2.24 bits per heavy atom. The van der Waals surface area contributed by atoms with Crippen LogP contribution in [0.5, 0.6) is 0 Å². The molecule has 3 rings (SSSR count). The smallest absolute Gasteiger partial charge is 0.307 e. The number of rotatable bonds is 3. The Morgan fingerprint density at radius 3 is 3.00 bits per heavy atom. The summed E-state index contributed by atoms with van der Waals surface area (Å²) in [4.78, 5) is 14.3. The van der Waals surface area contributed by atoms with Crippen molar-refractivity contribution >= 4 is 34.0 Å². The molecular formula is C15H22ClN3OS. The molecule has 1 aromatic carbocycles. The fraction of sp³-hybridized carbons (Fsp3) is 0.533. The number of piperidine rings is 1. The first kappa shape index (κ1) is 16.5. The first-order valence-corrected chi connectivity index (χ1v) is 8.00. The van der Waals surface area contributed by atoms with Crippen molar-refractivity contribution in [2.24, 2.45) is 18.7 Å². The molecule has 2 N–H and O–H groups in total. The zero-order chi connectivity index (χ0) is 14.1. The molecule has 2 aromatic rings. The first-order chi connectivity index (χ1) is 9.67. The molecule has 1 unspecified atom stereocenters. The van der Waals surface area contributed by atoms with Gasteiger partial charge in [0.2, 0.25) is 0 Å². The van der Waals surface area contributed by atoms with E-state index >= 15 is 0 Å². The molecule has 4 nitrogen and oxygen atoms in total. The van der Waals surface area contributed by atoms with Gasteiger partial charge in [-0.3, -0.25) is 9.69 Å². The average Bonchev–Trinajstić information content (AvgIpc) is 2.74. The molecule has 1 aromatic heterocycles. The first-order valence-electron chi connectivity index (χ1n) is 7.18. The number of nitrogens with zero attached hydrogens (tertiary/aromatic N) is 2. The minimum absolute atomic E-state index is 0. The Balaban J connectivity index is 0.00000161. The number of halogens is 1. The van der Waals surface area contributed by atoms with E-state index in [1.807, 2.05) is 7.05 Å². The summed E-state index contributed by atoms with van der Waals surface area (Å²) in [6.07, 6.45) is 2.50. The molecule has 1 saturated heterocycles. The third-order valence-corrected chi connectivity index (χ3v) is 5.19. The van der Waals surface area contributed by atoms with E-state index in [2.05, 4.69) is 23.1 Å². The van der Waals surface area contributed by atoms with Gasteiger partial charge in [0.1, 0.15) is 0 Å². The second-order valence-corrected chi connectivity index (χ2v) is 6.70. The molecule has 2 heterocycles. The van der Waals surface area contributed by atoms with Crippen LogP contribution in [0.4, 0.5) is 0 Å². The van der Waals surface area contributed by atoms with E-state index in [4.69, 9.17) is 5.73 Å². The number of hydrogen-bond donors (Lipinski definition) is 1. The summed E-state index contributed by atoms with van der Waals surface area (Å²) < 4.78 is 2.80. The summed E-state index contributed by atoms with van der Waals surface area (Å²) >= 11 is 1.33. The van der Waals surface area contributed by atoms with Crippen LogP contribution in [-0.2, 0) is 13.6 Å². The second-order valence-electron chi connectivity index (χ2n) is 5.71. The summed E-state index contributed by atoms with van der Waals surface area (Å²) in [7, 11) is 1.83. The van der Waals surface area contributed by atoms with Crippen LogP contribution in [0.3, 0.4) is 0 Å². The quantitative estimate of drug-likeness (QED) is 0.940. The number of likely N-dealkylation sites (tertiary alicyclic amines) is 1. The van der Waals surface area contributed by atoms with Crippen molar-refractivity contribution in [2.75, 3.05) is 19.6 Å². The lowest BCUT2D eigenvalue weighted by Crippen LogP contribution is -2.37. The van der Waals surface area contributed by atoms with E-state index in [1.165, 1.54) is 29.7 Å². The largest absolute Gasteiger partial charge is 0.330 e. The lowest BCUT2D eigenvalue weighted by atomic mass is 9.98. The van der Waals surface area contributed by atoms with E-state index in [1.54, 1.807) is 4.57 Å². The maximum absolute atomic E-state index is 11.7. The molecule has 116 valence electrons. The zero-order valence-corrected chi connectivity index (χ0v) is 13.9. The molecule has 21 heavy (non-hydrogen) atoms. The Hall–Kier alpha value is -0.880. The number of aromatic nitrogens is 1. The molecule has 1 fully saturated rings. The van der Waals surface area contributed by atoms with Crippen molar-refractivity contribution in [3.8, 4) is 0 Å². The predicted molar refractivity (Wildman–Crippen MR) is 91.4 cm³/mol. The Bertz CT molecular complexity index is 666. The van der Waals surface area contributed by atoms with Gasteiger partial charge in [0.05, 0.1) is 10.2 Å². The van der Waals surface area contributed by atoms with Gasteiger partial charge in [-0.25, -0.2) is 0 Å². The van der Waals surface area contributed by atoms with Gasteiger partial charge in [-0.2, -0.15) is 0 Å². The zero-order valence-electron chi connectivity index (χ0n) is 12.2. The van der Waals surface area contributed by atoms with Crippen molar-refractivity contribution in [3.63, 3.8) is 0 Å². The maximum Gasteiger partial charge on any atom is 0.307 e. The molecule has 0 spiro atoms. The van der Waals surface area contributed by atoms with Gasteiger partial charge < -0.3 is 10.3 Å². The van der Waals surface area contributed by atoms with Gasteiger partial charge in [0, 0.05) is 20.1 Å². The molecule has 1 aliphatic rings. The number of aryl methyl sites for hydroxylation is 1. The summed E-state index contributed by atoms with van der Waals surface area (Å²) in [6, 6.07) is 6.36.